The number of aromatic nitrogens is 1. The van der Waals surface area contributed by atoms with Gasteiger partial charge in [0.05, 0.1) is 11.3 Å². The van der Waals surface area contributed by atoms with E-state index in [0.717, 1.165) is 29.8 Å². The number of aromatic carboxylic acids is 1. The van der Waals surface area contributed by atoms with Gasteiger partial charge in [-0.3, -0.25) is 0 Å². The van der Waals surface area contributed by atoms with Crippen molar-refractivity contribution in [3.05, 3.63) is 77.5 Å². The van der Waals surface area contributed by atoms with Gasteiger partial charge in [-0.15, -0.1) is 0 Å². The van der Waals surface area contributed by atoms with Crippen molar-refractivity contribution in [1.29, 1.82) is 0 Å². The Bertz CT molecular complexity index is 924. The van der Waals surface area contributed by atoms with E-state index in [1.807, 2.05) is 30.3 Å². The number of rotatable bonds is 3. The van der Waals surface area contributed by atoms with Crippen LogP contribution < -0.4 is 0 Å². The van der Waals surface area contributed by atoms with E-state index in [1.165, 1.54) is 17.7 Å². The lowest BCUT2D eigenvalue weighted by Gasteiger charge is -2.22. The minimum absolute atomic E-state index is 0.322. The average Bonchev–Trinajstić information content (AvgIpc) is 3.01. The van der Waals surface area contributed by atoms with Gasteiger partial charge < -0.3 is 9.67 Å². The summed E-state index contributed by atoms with van der Waals surface area (Å²) in [5, 5.41) is 9.36. The lowest BCUT2D eigenvalue weighted by molar-refractivity contribution is 0.0697. The second-order valence-corrected chi connectivity index (χ2v) is 6.91. The summed E-state index contributed by atoms with van der Waals surface area (Å²) in [4.78, 5) is 11.4. The third kappa shape index (κ3) is 2.86. The molecule has 1 aromatic heterocycles. The van der Waals surface area contributed by atoms with E-state index in [2.05, 4.69) is 29.7 Å². The van der Waals surface area contributed by atoms with Gasteiger partial charge in [0.15, 0.2) is 0 Å². The van der Waals surface area contributed by atoms with E-state index in [-0.39, 0.29) is 0 Å². The molecule has 1 atom stereocenters. The van der Waals surface area contributed by atoms with Crippen LogP contribution in [-0.4, -0.2) is 15.6 Å². The second kappa shape index (κ2) is 6.25. The molecule has 0 saturated heterocycles. The summed E-state index contributed by atoms with van der Waals surface area (Å²) < 4.78 is 2.26. The van der Waals surface area contributed by atoms with Gasteiger partial charge in [-0.2, -0.15) is 0 Å². The Balaban J connectivity index is 1.95. The van der Waals surface area contributed by atoms with Gasteiger partial charge in [0.2, 0.25) is 0 Å². The van der Waals surface area contributed by atoms with E-state index in [9.17, 15) is 9.90 Å². The van der Waals surface area contributed by atoms with E-state index >= 15 is 0 Å². The largest absolute Gasteiger partial charge is 0.478 e. The minimum atomic E-state index is -0.891. The first-order chi connectivity index (χ1) is 12.1. The maximum atomic E-state index is 11.4. The summed E-state index contributed by atoms with van der Waals surface area (Å²) >= 11 is 0. The predicted octanol–water partition coefficient (Wildman–Crippen LogP) is 4.97. The number of carboxylic acids is 1. The number of carboxylic acid groups (broad SMARTS) is 1. The minimum Gasteiger partial charge on any atom is -0.478 e. The maximum absolute atomic E-state index is 11.4. The van der Waals surface area contributed by atoms with E-state index in [1.54, 1.807) is 12.1 Å². The van der Waals surface area contributed by atoms with Crippen molar-refractivity contribution >= 4 is 5.97 Å². The van der Waals surface area contributed by atoms with E-state index in [0.29, 0.717) is 11.5 Å². The number of aryl methyl sites for hydroxylation is 1. The van der Waals surface area contributed by atoms with Gasteiger partial charge >= 0.3 is 5.97 Å². The number of nitrogens with zero attached hydrogens (tertiary/aromatic N) is 1. The van der Waals surface area contributed by atoms with Crippen LogP contribution >= 0.6 is 0 Å². The number of hydrogen-bond donors (Lipinski definition) is 1. The molecule has 1 aliphatic rings. The molecule has 2 aromatic carbocycles. The third-order valence-electron chi connectivity index (χ3n) is 5.06. The Hall–Kier alpha value is -2.81. The Morgan fingerprint density at radius 1 is 1.08 bits per heavy atom. The monoisotopic (exact) mass is 331 g/mol. The Labute approximate surface area is 147 Å². The first-order valence-corrected chi connectivity index (χ1v) is 8.76. The first kappa shape index (κ1) is 15.7. The van der Waals surface area contributed by atoms with Gasteiger partial charge in [-0.25, -0.2) is 4.79 Å². The van der Waals surface area contributed by atoms with Crippen molar-refractivity contribution in [2.75, 3.05) is 0 Å². The molecule has 0 amide bonds. The van der Waals surface area contributed by atoms with Crippen LogP contribution in [0.1, 0.15) is 35.0 Å². The average molecular weight is 331 g/mol. The lowest BCUT2D eigenvalue weighted by atomic mass is 9.89. The fourth-order valence-electron chi connectivity index (χ4n) is 3.77. The molecular formula is C22H21NO2. The van der Waals surface area contributed by atoms with Crippen LogP contribution in [0.2, 0.25) is 0 Å². The van der Waals surface area contributed by atoms with Crippen molar-refractivity contribution in [2.24, 2.45) is 5.92 Å². The molecule has 1 aliphatic carbocycles. The summed E-state index contributed by atoms with van der Waals surface area (Å²) in [5.41, 5.74) is 6.25. The topological polar surface area (TPSA) is 42.2 Å². The maximum Gasteiger partial charge on any atom is 0.335 e. The fourth-order valence-corrected chi connectivity index (χ4v) is 3.77. The highest BCUT2D eigenvalue weighted by molar-refractivity contribution is 5.88. The zero-order valence-corrected chi connectivity index (χ0v) is 14.3. The van der Waals surface area contributed by atoms with Crippen molar-refractivity contribution in [3.8, 4) is 16.9 Å². The Morgan fingerprint density at radius 2 is 1.88 bits per heavy atom. The summed E-state index contributed by atoms with van der Waals surface area (Å²) in [6.45, 7) is 2.29. The molecule has 4 rings (SSSR count). The molecule has 25 heavy (non-hydrogen) atoms. The molecule has 0 fully saturated rings. The highest BCUT2D eigenvalue weighted by atomic mass is 16.4. The highest BCUT2D eigenvalue weighted by Crippen LogP contribution is 2.35. The van der Waals surface area contributed by atoms with Crippen molar-refractivity contribution in [3.63, 3.8) is 0 Å². The number of carbonyl (C=O) groups is 1. The normalized spacial score (nSPS) is 16.4. The lowest BCUT2D eigenvalue weighted by Crippen LogP contribution is -2.14. The van der Waals surface area contributed by atoms with Crippen molar-refractivity contribution in [1.82, 2.24) is 4.57 Å². The molecule has 126 valence electrons. The van der Waals surface area contributed by atoms with Gasteiger partial charge in [0.1, 0.15) is 0 Å². The summed E-state index contributed by atoms with van der Waals surface area (Å²) in [6, 6.07) is 19.9. The van der Waals surface area contributed by atoms with Crippen molar-refractivity contribution in [2.45, 2.75) is 26.2 Å². The summed E-state index contributed by atoms with van der Waals surface area (Å²) in [7, 11) is 0. The van der Waals surface area contributed by atoms with Crippen LogP contribution in [0.15, 0.2) is 60.7 Å². The Kier molecular flexibility index (Phi) is 3.92. The molecule has 3 nitrogen and oxygen atoms in total. The van der Waals surface area contributed by atoms with E-state index < -0.39 is 5.97 Å². The molecule has 0 radical (unpaired) electrons. The highest BCUT2D eigenvalue weighted by Gasteiger charge is 2.23. The fraction of sp³-hybridized carbons (Fsp3) is 0.227. The molecule has 0 saturated carbocycles. The van der Waals surface area contributed by atoms with Gasteiger partial charge in [0.25, 0.3) is 0 Å². The molecule has 1 unspecified atom stereocenters. The molecule has 0 spiro atoms. The van der Waals surface area contributed by atoms with Crippen LogP contribution in [0, 0.1) is 5.92 Å². The van der Waals surface area contributed by atoms with Crippen LogP contribution in [-0.2, 0) is 12.8 Å². The zero-order chi connectivity index (χ0) is 17.4. The zero-order valence-electron chi connectivity index (χ0n) is 14.3. The molecule has 3 aromatic rings. The second-order valence-electron chi connectivity index (χ2n) is 6.91. The molecule has 0 aliphatic heterocycles. The third-order valence-corrected chi connectivity index (χ3v) is 5.06. The number of fused-ring (bicyclic) bond motifs is 1. The summed E-state index contributed by atoms with van der Waals surface area (Å²) in [5.74, 6) is -0.245. The van der Waals surface area contributed by atoms with Crippen LogP contribution in [0.5, 0.6) is 0 Å². The number of hydrogen-bond acceptors (Lipinski definition) is 1. The Morgan fingerprint density at radius 3 is 2.64 bits per heavy atom. The molecule has 0 bridgehead atoms. The molecule has 1 N–H and O–H groups in total. The summed E-state index contributed by atoms with van der Waals surface area (Å²) in [6.07, 6.45) is 3.32. The van der Waals surface area contributed by atoms with Gasteiger partial charge in [0, 0.05) is 11.4 Å². The SMILES string of the molecule is CC1CCc2cc(-c3ccccc3)n(-c3cccc(C(=O)O)c3)c2C1. The van der Waals surface area contributed by atoms with Crippen LogP contribution in [0.3, 0.4) is 0 Å². The van der Waals surface area contributed by atoms with E-state index in [4.69, 9.17) is 0 Å². The van der Waals surface area contributed by atoms with Crippen LogP contribution in [0.25, 0.3) is 16.9 Å². The molecule has 1 heterocycles. The van der Waals surface area contributed by atoms with Gasteiger partial charge in [-0.05, 0) is 60.6 Å². The molecule has 3 heteroatoms. The van der Waals surface area contributed by atoms with Crippen molar-refractivity contribution < 1.29 is 9.90 Å². The predicted molar refractivity (Wildman–Crippen MR) is 99.4 cm³/mol. The smallest absolute Gasteiger partial charge is 0.335 e. The van der Waals surface area contributed by atoms with Crippen LogP contribution in [0.4, 0.5) is 0 Å². The number of benzene rings is 2. The quantitative estimate of drug-likeness (QED) is 0.736. The van der Waals surface area contributed by atoms with Gasteiger partial charge in [-0.1, -0.05) is 43.3 Å². The first-order valence-electron chi connectivity index (χ1n) is 8.76. The standard InChI is InChI=1S/C22H21NO2/c1-15-10-11-17-14-21(16-6-3-2-4-7-16)23(20(17)12-15)19-9-5-8-18(13-19)22(24)25/h2-9,13-15H,10-12H2,1H3,(H,24,25). The molecular weight excluding hydrogens is 310 g/mol.